The molecule has 0 bridgehead atoms. The standard InChI is InChI=1S/C9H10N2O2/c1-6-7(4-3-5-10-2)9(13)11-8(6)12/h3-5H,1-2H3,(H,11,12,13)/b4-3-,10-5?. The van der Waals surface area contributed by atoms with Gasteiger partial charge in [0.25, 0.3) is 11.8 Å². The normalized spacial score (nSPS) is 18.0. The van der Waals surface area contributed by atoms with Crippen LogP contribution >= 0.6 is 0 Å². The Bertz CT molecular complexity index is 338. The average Bonchev–Trinajstić information content (AvgIpc) is 2.32. The van der Waals surface area contributed by atoms with Gasteiger partial charge in [-0.2, -0.15) is 0 Å². The Morgan fingerprint density at radius 1 is 1.31 bits per heavy atom. The molecule has 0 saturated carbocycles. The second-order valence-electron chi connectivity index (χ2n) is 2.59. The first-order valence-corrected chi connectivity index (χ1v) is 3.82. The molecule has 68 valence electrons. The van der Waals surface area contributed by atoms with Gasteiger partial charge in [-0.05, 0) is 19.1 Å². The molecule has 4 heteroatoms. The van der Waals surface area contributed by atoms with Gasteiger partial charge in [-0.1, -0.05) is 0 Å². The van der Waals surface area contributed by atoms with Crippen LogP contribution in [0.5, 0.6) is 0 Å². The molecule has 0 radical (unpaired) electrons. The SMILES string of the molecule is CN=C/C=C\C1=C(C)C(=O)NC1=O. The third kappa shape index (κ3) is 1.90. The van der Waals surface area contributed by atoms with Gasteiger partial charge in [0.15, 0.2) is 0 Å². The Morgan fingerprint density at radius 3 is 2.46 bits per heavy atom. The van der Waals surface area contributed by atoms with Crippen LogP contribution in [0.4, 0.5) is 0 Å². The first-order valence-electron chi connectivity index (χ1n) is 3.82. The fourth-order valence-electron chi connectivity index (χ4n) is 0.983. The maximum atomic E-state index is 11.1. The Balaban J connectivity index is 2.90. The number of rotatable bonds is 2. The highest BCUT2D eigenvalue weighted by atomic mass is 16.2. The first kappa shape index (κ1) is 9.38. The summed E-state index contributed by atoms with van der Waals surface area (Å²) in [7, 11) is 1.63. The molecule has 1 N–H and O–H groups in total. The number of nitrogens with one attached hydrogen (secondary N) is 1. The van der Waals surface area contributed by atoms with Crippen molar-refractivity contribution in [3.8, 4) is 0 Å². The lowest BCUT2D eigenvalue weighted by molar-refractivity contribution is -0.124. The van der Waals surface area contributed by atoms with E-state index in [1.54, 1.807) is 32.3 Å². The molecule has 0 fully saturated rings. The number of aliphatic imine (C=N–C) groups is 1. The van der Waals surface area contributed by atoms with Crippen LogP contribution in [0, 0.1) is 0 Å². The lowest BCUT2D eigenvalue weighted by Gasteiger charge is -1.88. The predicted molar refractivity (Wildman–Crippen MR) is 49.4 cm³/mol. The van der Waals surface area contributed by atoms with Crippen LogP contribution in [0.25, 0.3) is 0 Å². The topological polar surface area (TPSA) is 58.5 Å². The molecule has 0 aromatic carbocycles. The zero-order valence-electron chi connectivity index (χ0n) is 7.50. The van der Waals surface area contributed by atoms with Crippen molar-refractivity contribution in [2.24, 2.45) is 4.99 Å². The molecule has 0 saturated heterocycles. The Morgan fingerprint density at radius 2 is 2.00 bits per heavy atom. The van der Waals surface area contributed by atoms with Crippen molar-refractivity contribution in [3.63, 3.8) is 0 Å². The highest BCUT2D eigenvalue weighted by Crippen LogP contribution is 2.12. The van der Waals surface area contributed by atoms with Crippen LogP contribution < -0.4 is 5.32 Å². The minimum atomic E-state index is -0.344. The van der Waals surface area contributed by atoms with E-state index in [9.17, 15) is 9.59 Å². The molecule has 1 heterocycles. The number of hydrogen-bond donors (Lipinski definition) is 1. The van der Waals surface area contributed by atoms with E-state index in [4.69, 9.17) is 0 Å². The van der Waals surface area contributed by atoms with Crippen molar-refractivity contribution < 1.29 is 9.59 Å². The van der Waals surface area contributed by atoms with Crippen LogP contribution in [0.3, 0.4) is 0 Å². The number of carbonyl (C=O) groups excluding carboxylic acids is 2. The fraction of sp³-hybridized carbons (Fsp3) is 0.222. The van der Waals surface area contributed by atoms with Gasteiger partial charge in [0.05, 0.1) is 0 Å². The van der Waals surface area contributed by atoms with Gasteiger partial charge in [-0.3, -0.25) is 19.9 Å². The summed E-state index contributed by atoms with van der Waals surface area (Å²) in [6.07, 6.45) is 4.75. The summed E-state index contributed by atoms with van der Waals surface area (Å²) in [5.41, 5.74) is 0.857. The summed E-state index contributed by atoms with van der Waals surface area (Å²) >= 11 is 0. The molecule has 0 atom stereocenters. The third-order valence-corrected chi connectivity index (χ3v) is 1.71. The molecule has 4 nitrogen and oxygen atoms in total. The zero-order valence-corrected chi connectivity index (χ0v) is 7.50. The van der Waals surface area contributed by atoms with Crippen molar-refractivity contribution in [3.05, 3.63) is 23.3 Å². The maximum absolute atomic E-state index is 11.1. The predicted octanol–water partition coefficient (Wildman–Crippen LogP) is 0.216. The van der Waals surface area contributed by atoms with Gasteiger partial charge in [0, 0.05) is 24.4 Å². The molecule has 13 heavy (non-hydrogen) atoms. The second-order valence-corrected chi connectivity index (χ2v) is 2.59. The number of carbonyl (C=O) groups is 2. The summed E-state index contributed by atoms with van der Waals surface area (Å²) in [6.45, 7) is 1.61. The highest BCUT2D eigenvalue weighted by molar-refractivity contribution is 6.20. The van der Waals surface area contributed by atoms with Gasteiger partial charge in [-0.15, -0.1) is 0 Å². The van der Waals surface area contributed by atoms with Crippen LogP contribution in [0.2, 0.25) is 0 Å². The number of nitrogens with zero attached hydrogens (tertiary/aromatic N) is 1. The fourth-order valence-corrected chi connectivity index (χ4v) is 0.983. The molecule has 0 aliphatic carbocycles. The third-order valence-electron chi connectivity index (χ3n) is 1.71. The number of amides is 2. The lowest BCUT2D eigenvalue weighted by atomic mass is 10.1. The van der Waals surface area contributed by atoms with Crippen molar-refractivity contribution in [2.45, 2.75) is 6.92 Å². The molecule has 0 aromatic rings. The molecule has 1 aliphatic heterocycles. The minimum Gasteiger partial charge on any atom is -0.297 e. The molecule has 1 rings (SSSR count). The minimum absolute atomic E-state index is 0.321. The Labute approximate surface area is 76.0 Å². The van der Waals surface area contributed by atoms with Crippen molar-refractivity contribution in [1.82, 2.24) is 5.32 Å². The van der Waals surface area contributed by atoms with Crippen LogP contribution in [-0.4, -0.2) is 25.1 Å². The van der Waals surface area contributed by atoms with Crippen LogP contribution in [0.1, 0.15) is 6.92 Å². The van der Waals surface area contributed by atoms with Crippen molar-refractivity contribution >= 4 is 18.0 Å². The Kier molecular flexibility index (Phi) is 2.74. The Hall–Kier alpha value is -1.71. The average molecular weight is 178 g/mol. The smallest absolute Gasteiger partial charge is 0.258 e. The van der Waals surface area contributed by atoms with E-state index in [0.717, 1.165) is 0 Å². The molecule has 1 aliphatic rings. The van der Waals surface area contributed by atoms with Crippen molar-refractivity contribution in [1.29, 1.82) is 0 Å². The van der Waals surface area contributed by atoms with Crippen LogP contribution in [-0.2, 0) is 9.59 Å². The second kappa shape index (κ2) is 3.80. The number of imide groups is 1. The van der Waals surface area contributed by atoms with E-state index in [1.165, 1.54) is 0 Å². The van der Waals surface area contributed by atoms with Crippen LogP contribution in [0.15, 0.2) is 28.3 Å². The highest BCUT2D eigenvalue weighted by Gasteiger charge is 2.24. The quantitative estimate of drug-likeness (QED) is 0.485. The van der Waals surface area contributed by atoms with E-state index >= 15 is 0 Å². The van der Waals surface area contributed by atoms with E-state index in [0.29, 0.717) is 11.1 Å². The number of hydrogen-bond acceptors (Lipinski definition) is 3. The van der Waals surface area contributed by atoms with E-state index in [1.807, 2.05) is 0 Å². The van der Waals surface area contributed by atoms with Gasteiger partial charge < -0.3 is 0 Å². The summed E-state index contributed by atoms with van der Waals surface area (Å²) in [5, 5.41) is 2.20. The van der Waals surface area contributed by atoms with Gasteiger partial charge in [0.1, 0.15) is 0 Å². The van der Waals surface area contributed by atoms with E-state index < -0.39 is 0 Å². The lowest BCUT2D eigenvalue weighted by Crippen LogP contribution is -2.22. The molecule has 0 spiro atoms. The van der Waals surface area contributed by atoms with Gasteiger partial charge in [0.2, 0.25) is 0 Å². The molecule has 0 unspecified atom stereocenters. The maximum Gasteiger partial charge on any atom is 0.258 e. The molecule has 2 amide bonds. The largest absolute Gasteiger partial charge is 0.297 e. The molecular formula is C9H10N2O2. The number of allylic oxidation sites excluding steroid dienone is 1. The van der Waals surface area contributed by atoms with Gasteiger partial charge in [-0.25, -0.2) is 0 Å². The zero-order chi connectivity index (χ0) is 9.84. The summed E-state index contributed by atoms with van der Waals surface area (Å²) < 4.78 is 0. The first-order chi connectivity index (χ1) is 6.16. The van der Waals surface area contributed by atoms with Gasteiger partial charge >= 0.3 is 0 Å². The summed E-state index contributed by atoms with van der Waals surface area (Å²) in [4.78, 5) is 25.8. The van der Waals surface area contributed by atoms with Crippen molar-refractivity contribution in [2.75, 3.05) is 7.05 Å². The molecule has 0 aromatic heterocycles. The molecular weight excluding hydrogens is 168 g/mol. The van der Waals surface area contributed by atoms with E-state index in [-0.39, 0.29) is 11.8 Å². The summed E-state index contributed by atoms with van der Waals surface area (Å²) in [6, 6.07) is 0. The summed E-state index contributed by atoms with van der Waals surface area (Å²) in [5.74, 6) is -0.665. The monoisotopic (exact) mass is 178 g/mol. The van der Waals surface area contributed by atoms with E-state index in [2.05, 4.69) is 10.3 Å².